The molecule has 11 rings (SSSR count). The molecule has 0 saturated carbocycles. The van der Waals surface area contributed by atoms with Gasteiger partial charge in [0.1, 0.15) is 5.58 Å². The van der Waals surface area contributed by atoms with Crippen LogP contribution in [0.1, 0.15) is 0 Å². The first-order valence-electron chi connectivity index (χ1n) is 16.9. The number of hydrogen-bond donors (Lipinski definition) is 0. The van der Waals surface area contributed by atoms with Gasteiger partial charge in [0.15, 0.2) is 5.58 Å². The van der Waals surface area contributed by atoms with Crippen molar-refractivity contribution in [2.75, 3.05) is 4.90 Å². The number of fused-ring (bicyclic) bond motifs is 11. The van der Waals surface area contributed by atoms with Crippen molar-refractivity contribution < 1.29 is 4.42 Å². The van der Waals surface area contributed by atoms with Crippen molar-refractivity contribution in [2.24, 2.45) is 0 Å². The molecule has 8 aromatic carbocycles. The summed E-state index contributed by atoms with van der Waals surface area (Å²) in [5, 5.41) is 9.71. The highest BCUT2D eigenvalue weighted by Gasteiger charge is 2.24. The van der Waals surface area contributed by atoms with Gasteiger partial charge in [-0.05, 0) is 53.9 Å². The van der Waals surface area contributed by atoms with E-state index in [1.54, 1.807) is 0 Å². The second-order valence-electron chi connectivity index (χ2n) is 12.9. The molecule has 0 unspecified atom stereocenters. The van der Waals surface area contributed by atoms with E-state index >= 15 is 0 Å². The molecule has 234 valence electrons. The summed E-state index contributed by atoms with van der Waals surface area (Å²) >= 11 is 1.85. The van der Waals surface area contributed by atoms with Gasteiger partial charge in [-0.15, -0.1) is 11.3 Å². The number of anilines is 3. The fourth-order valence-corrected chi connectivity index (χ4v) is 9.18. The van der Waals surface area contributed by atoms with Crippen molar-refractivity contribution >= 4 is 103 Å². The predicted octanol–water partition coefficient (Wildman–Crippen LogP) is 13.7. The van der Waals surface area contributed by atoms with Gasteiger partial charge in [-0.3, -0.25) is 0 Å². The zero-order valence-electron chi connectivity index (χ0n) is 26.9. The van der Waals surface area contributed by atoms with E-state index in [-0.39, 0.29) is 0 Å². The highest BCUT2D eigenvalue weighted by molar-refractivity contribution is 7.26. The minimum absolute atomic E-state index is 0.876. The quantitative estimate of drug-likeness (QED) is 0.188. The molecule has 4 heteroatoms. The molecule has 0 bridgehead atoms. The van der Waals surface area contributed by atoms with Crippen molar-refractivity contribution in [1.29, 1.82) is 0 Å². The minimum atomic E-state index is 0.876. The summed E-state index contributed by atoms with van der Waals surface area (Å²) in [5.74, 6) is 0. The Morgan fingerprint density at radius 1 is 0.480 bits per heavy atom. The molecular formula is C46H28N2OS. The highest BCUT2D eigenvalue weighted by Crippen LogP contribution is 2.48. The van der Waals surface area contributed by atoms with Crippen LogP contribution in [-0.4, -0.2) is 4.57 Å². The van der Waals surface area contributed by atoms with Crippen LogP contribution in [0.15, 0.2) is 174 Å². The molecule has 0 aliphatic carbocycles. The van der Waals surface area contributed by atoms with Crippen LogP contribution >= 0.6 is 11.3 Å². The van der Waals surface area contributed by atoms with Gasteiger partial charge in [0.05, 0.1) is 27.1 Å². The molecule has 0 saturated heterocycles. The van der Waals surface area contributed by atoms with E-state index in [1.165, 1.54) is 47.2 Å². The van der Waals surface area contributed by atoms with E-state index < -0.39 is 0 Å². The van der Waals surface area contributed by atoms with Crippen LogP contribution < -0.4 is 4.90 Å². The van der Waals surface area contributed by atoms with Crippen LogP contribution in [0.5, 0.6) is 0 Å². The monoisotopic (exact) mass is 656 g/mol. The lowest BCUT2D eigenvalue weighted by Gasteiger charge is -2.26. The molecule has 0 radical (unpaired) electrons. The van der Waals surface area contributed by atoms with Crippen molar-refractivity contribution in [3.8, 4) is 5.69 Å². The second kappa shape index (κ2) is 10.6. The van der Waals surface area contributed by atoms with E-state index in [4.69, 9.17) is 4.42 Å². The SMILES string of the molecule is c1ccc(-n2c3cc(N(c4cccc5c4oc4ccccc45)c4cccc5c4sc4ccccc45)ccc3c3ccc4ccccc4c32)cc1. The summed E-state index contributed by atoms with van der Waals surface area (Å²) in [6, 6.07) is 61.2. The maximum Gasteiger partial charge on any atom is 0.159 e. The average Bonchev–Trinajstić information content (AvgIpc) is 3.86. The van der Waals surface area contributed by atoms with Gasteiger partial charge >= 0.3 is 0 Å². The third-order valence-electron chi connectivity index (χ3n) is 10.2. The minimum Gasteiger partial charge on any atom is -0.454 e. The van der Waals surface area contributed by atoms with E-state index in [9.17, 15) is 0 Å². The molecule has 3 aromatic heterocycles. The van der Waals surface area contributed by atoms with Crippen molar-refractivity contribution in [1.82, 2.24) is 4.57 Å². The number of benzene rings is 8. The Hall–Kier alpha value is -6.36. The molecular weight excluding hydrogens is 629 g/mol. The van der Waals surface area contributed by atoms with Crippen LogP contribution in [0.3, 0.4) is 0 Å². The highest BCUT2D eigenvalue weighted by atomic mass is 32.1. The number of rotatable bonds is 4. The summed E-state index contributed by atoms with van der Waals surface area (Å²) < 4.78 is 11.7. The molecule has 0 spiro atoms. The number of nitrogens with zero attached hydrogens (tertiary/aromatic N) is 2. The molecule has 11 aromatic rings. The van der Waals surface area contributed by atoms with E-state index in [0.29, 0.717) is 0 Å². The molecule has 50 heavy (non-hydrogen) atoms. The first-order chi connectivity index (χ1) is 24.8. The summed E-state index contributed by atoms with van der Waals surface area (Å²) in [4.78, 5) is 2.41. The Morgan fingerprint density at radius 3 is 2.08 bits per heavy atom. The van der Waals surface area contributed by atoms with Gasteiger partial charge in [0.2, 0.25) is 0 Å². The molecule has 0 aliphatic rings. The predicted molar refractivity (Wildman–Crippen MR) is 213 cm³/mol. The molecule has 0 atom stereocenters. The third kappa shape index (κ3) is 3.91. The van der Waals surface area contributed by atoms with Crippen LogP contribution in [0, 0.1) is 0 Å². The molecule has 0 fully saturated rings. The van der Waals surface area contributed by atoms with Gasteiger partial charge in [0.25, 0.3) is 0 Å². The summed E-state index contributed by atoms with van der Waals surface area (Å²) in [6.45, 7) is 0. The fourth-order valence-electron chi connectivity index (χ4n) is 7.98. The molecule has 3 heterocycles. The first-order valence-corrected chi connectivity index (χ1v) is 17.8. The topological polar surface area (TPSA) is 21.3 Å². The zero-order chi connectivity index (χ0) is 32.8. The van der Waals surface area contributed by atoms with E-state index in [1.807, 2.05) is 17.4 Å². The number of para-hydroxylation sites is 3. The molecule has 3 nitrogen and oxygen atoms in total. The molecule has 0 aliphatic heterocycles. The number of aromatic nitrogens is 1. The largest absolute Gasteiger partial charge is 0.454 e. The Labute approximate surface area is 291 Å². The lowest BCUT2D eigenvalue weighted by Crippen LogP contribution is -2.10. The zero-order valence-corrected chi connectivity index (χ0v) is 27.7. The Bertz CT molecular complexity index is 3000. The van der Waals surface area contributed by atoms with Crippen LogP contribution in [0.4, 0.5) is 17.1 Å². The smallest absolute Gasteiger partial charge is 0.159 e. The van der Waals surface area contributed by atoms with Crippen LogP contribution in [0.25, 0.3) is 80.4 Å². The summed E-state index contributed by atoms with van der Waals surface area (Å²) in [5.41, 5.74) is 8.49. The summed E-state index contributed by atoms with van der Waals surface area (Å²) in [7, 11) is 0. The molecule has 0 N–H and O–H groups in total. The van der Waals surface area contributed by atoms with Crippen molar-refractivity contribution in [2.45, 2.75) is 0 Å². The van der Waals surface area contributed by atoms with Gasteiger partial charge in [-0.2, -0.15) is 0 Å². The summed E-state index contributed by atoms with van der Waals surface area (Å²) in [6.07, 6.45) is 0. The van der Waals surface area contributed by atoms with Gasteiger partial charge < -0.3 is 13.9 Å². The average molecular weight is 657 g/mol. The van der Waals surface area contributed by atoms with Gasteiger partial charge in [-0.25, -0.2) is 0 Å². The standard InChI is InChI=1S/C46H28N2OS/c1-2-13-30(14-3-1)48-41-28-31(25-27-33(41)36-26-24-29-12-4-5-15-32(29)44(36)48)47(39-20-10-18-37-34-16-6-8-22-42(34)49-45(37)39)40-21-11-19-38-35-17-7-9-23-43(35)50-46(38)40/h1-28H. The first kappa shape index (κ1) is 27.6. The van der Waals surface area contributed by atoms with Gasteiger partial charge in [-0.1, -0.05) is 121 Å². The van der Waals surface area contributed by atoms with E-state index in [2.05, 4.69) is 173 Å². The maximum atomic E-state index is 6.71. The lowest BCUT2D eigenvalue weighted by atomic mass is 10.1. The third-order valence-corrected chi connectivity index (χ3v) is 11.4. The number of thiophene rings is 1. The molecule has 0 amide bonds. The number of furan rings is 1. The normalized spacial score (nSPS) is 12.0. The lowest BCUT2D eigenvalue weighted by molar-refractivity contribution is 0.669. The Morgan fingerprint density at radius 2 is 1.18 bits per heavy atom. The maximum absolute atomic E-state index is 6.71. The van der Waals surface area contributed by atoms with E-state index in [0.717, 1.165) is 50.2 Å². The van der Waals surface area contributed by atoms with Gasteiger partial charge in [0, 0.05) is 53.8 Å². The Balaban J connectivity index is 1.27. The number of hydrogen-bond acceptors (Lipinski definition) is 3. The van der Waals surface area contributed by atoms with Crippen LogP contribution in [0.2, 0.25) is 0 Å². The van der Waals surface area contributed by atoms with Crippen molar-refractivity contribution in [3.63, 3.8) is 0 Å². The fraction of sp³-hybridized carbons (Fsp3) is 0. The second-order valence-corrected chi connectivity index (χ2v) is 13.9. The Kier molecular flexibility index (Phi) is 5.83. The van der Waals surface area contributed by atoms with Crippen molar-refractivity contribution in [3.05, 3.63) is 170 Å². The van der Waals surface area contributed by atoms with Crippen LogP contribution in [-0.2, 0) is 0 Å².